The van der Waals surface area contributed by atoms with Crippen LogP contribution in [0.1, 0.15) is 23.2 Å². The third-order valence-electron chi connectivity index (χ3n) is 3.40. The number of amides is 1. The molecule has 2 heterocycles. The van der Waals surface area contributed by atoms with Crippen molar-refractivity contribution in [3.05, 3.63) is 46.9 Å². The molecule has 2 aromatic rings. The Morgan fingerprint density at radius 3 is 3.00 bits per heavy atom. The highest BCUT2D eigenvalue weighted by atomic mass is 35.5. The van der Waals surface area contributed by atoms with Crippen molar-refractivity contribution in [2.75, 3.05) is 18.6 Å². The number of hydrogen-bond acceptors (Lipinski definition) is 4. The van der Waals surface area contributed by atoms with Crippen LogP contribution in [-0.2, 0) is 11.3 Å². The average Bonchev–Trinajstić information content (AvgIpc) is 2.96. The minimum atomic E-state index is -0.221. The van der Waals surface area contributed by atoms with E-state index in [0.29, 0.717) is 35.4 Å². The highest BCUT2D eigenvalue weighted by Gasteiger charge is 2.31. The summed E-state index contributed by atoms with van der Waals surface area (Å²) in [6.07, 6.45) is -0.148. The molecule has 0 spiro atoms. The van der Waals surface area contributed by atoms with E-state index in [-0.39, 0.29) is 17.8 Å². The third-order valence-corrected chi connectivity index (χ3v) is 3.70. The van der Waals surface area contributed by atoms with Crippen molar-refractivity contribution < 1.29 is 18.7 Å². The van der Waals surface area contributed by atoms with Crippen LogP contribution >= 0.6 is 11.6 Å². The van der Waals surface area contributed by atoms with Gasteiger partial charge in [-0.1, -0.05) is 17.7 Å². The molecule has 1 aliphatic rings. The minimum absolute atomic E-state index is 0.148. The molecular formula is C16H16ClNO4. The lowest BCUT2D eigenvalue weighted by molar-refractivity contribution is 0.0926. The molecule has 5 nitrogen and oxygen atoms in total. The fraction of sp³-hybridized carbons (Fsp3) is 0.312. The van der Waals surface area contributed by atoms with Gasteiger partial charge < -0.3 is 13.9 Å². The Bertz CT molecular complexity index is 697. The number of carbonyl (C=O) groups excluding carboxylic acids is 1. The van der Waals surface area contributed by atoms with Gasteiger partial charge >= 0.3 is 0 Å². The van der Waals surface area contributed by atoms with E-state index >= 15 is 0 Å². The van der Waals surface area contributed by atoms with E-state index in [9.17, 15) is 4.79 Å². The topological polar surface area (TPSA) is 51.9 Å². The molecule has 0 unspecified atom stereocenters. The maximum atomic E-state index is 12.7. The molecule has 1 aromatic heterocycles. The van der Waals surface area contributed by atoms with Crippen LogP contribution in [0.5, 0.6) is 5.75 Å². The maximum Gasteiger partial charge on any atom is 0.294 e. The van der Waals surface area contributed by atoms with Gasteiger partial charge in [0.15, 0.2) is 11.5 Å². The summed E-state index contributed by atoms with van der Waals surface area (Å²) in [5.41, 5.74) is 0.653. The molecule has 0 saturated carbocycles. The first-order chi connectivity index (χ1) is 10.6. The Balaban J connectivity index is 1.94. The Labute approximate surface area is 133 Å². The molecule has 0 fully saturated rings. The number of carbonyl (C=O) groups is 1. The van der Waals surface area contributed by atoms with E-state index in [4.69, 9.17) is 25.5 Å². The van der Waals surface area contributed by atoms with Gasteiger partial charge in [0.2, 0.25) is 0 Å². The van der Waals surface area contributed by atoms with E-state index in [1.54, 1.807) is 36.3 Å². The summed E-state index contributed by atoms with van der Waals surface area (Å²) in [5, 5.41) is 0.487. The summed E-state index contributed by atoms with van der Waals surface area (Å²) in [6.45, 7) is 2.66. The normalized spacial score (nSPS) is 17.0. The quantitative estimate of drug-likeness (QED) is 0.868. The van der Waals surface area contributed by atoms with Gasteiger partial charge in [-0.2, -0.15) is 0 Å². The van der Waals surface area contributed by atoms with E-state index < -0.39 is 0 Å². The Hall–Kier alpha value is -1.98. The SMILES string of the molecule is COCc1ccc(C(=O)N2C[C@H](C)Oc3c(Cl)cccc32)o1. The predicted octanol–water partition coefficient (Wildman–Crippen LogP) is 3.51. The second kappa shape index (κ2) is 6.02. The standard InChI is InChI=1S/C16H16ClNO4/c1-10-8-18(13-5-3-4-12(17)15(13)21-10)16(19)14-7-6-11(22-14)9-20-2/h3-7,10H,8-9H2,1-2H3/t10-/m0/s1. The third kappa shape index (κ3) is 2.69. The van der Waals surface area contributed by atoms with Gasteiger partial charge in [0, 0.05) is 7.11 Å². The summed E-state index contributed by atoms with van der Waals surface area (Å²) in [5.74, 6) is 1.19. The lowest BCUT2D eigenvalue weighted by Crippen LogP contribution is -2.42. The lowest BCUT2D eigenvalue weighted by atomic mass is 10.2. The van der Waals surface area contributed by atoms with Crippen molar-refractivity contribution in [3.63, 3.8) is 0 Å². The van der Waals surface area contributed by atoms with Gasteiger partial charge in [0.25, 0.3) is 5.91 Å². The molecule has 0 radical (unpaired) electrons. The van der Waals surface area contributed by atoms with Crippen molar-refractivity contribution in [2.24, 2.45) is 0 Å². The zero-order chi connectivity index (χ0) is 15.7. The molecule has 1 atom stereocenters. The monoisotopic (exact) mass is 321 g/mol. The Kier molecular flexibility index (Phi) is 4.09. The summed E-state index contributed by atoms with van der Waals surface area (Å²) in [6, 6.07) is 8.73. The first-order valence-corrected chi connectivity index (χ1v) is 7.32. The highest BCUT2D eigenvalue weighted by Crippen LogP contribution is 2.39. The van der Waals surface area contributed by atoms with Crippen molar-refractivity contribution in [1.29, 1.82) is 0 Å². The van der Waals surface area contributed by atoms with E-state index in [2.05, 4.69) is 0 Å². The second-order valence-corrected chi connectivity index (χ2v) is 5.54. The van der Waals surface area contributed by atoms with Crippen LogP contribution in [-0.4, -0.2) is 25.7 Å². The number of hydrogen-bond donors (Lipinski definition) is 0. The molecule has 0 aliphatic carbocycles. The van der Waals surface area contributed by atoms with Gasteiger partial charge in [-0.3, -0.25) is 9.69 Å². The number of benzene rings is 1. The summed E-state index contributed by atoms with van der Waals surface area (Å²) in [7, 11) is 1.58. The summed E-state index contributed by atoms with van der Waals surface area (Å²) >= 11 is 6.17. The molecule has 0 saturated heterocycles. The molecule has 22 heavy (non-hydrogen) atoms. The number of ether oxygens (including phenoxy) is 2. The van der Waals surface area contributed by atoms with Crippen molar-refractivity contribution in [2.45, 2.75) is 19.6 Å². The van der Waals surface area contributed by atoms with Crippen LogP contribution in [0.25, 0.3) is 0 Å². The van der Waals surface area contributed by atoms with Crippen LogP contribution in [0.15, 0.2) is 34.7 Å². The zero-order valence-corrected chi connectivity index (χ0v) is 13.1. The smallest absolute Gasteiger partial charge is 0.294 e. The molecule has 116 valence electrons. The number of methoxy groups -OCH3 is 1. The van der Waals surface area contributed by atoms with Gasteiger partial charge in [0.1, 0.15) is 18.5 Å². The average molecular weight is 322 g/mol. The van der Waals surface area contributed by atoms with E-state index in [0.717, 1.165) is 0 Å². The van der Waals surface area contributed by atoms with Gasteiger partial charge in [-0.05, 0) is 31.2 Å². The van der Waals surface area contributed by atoms with Crippen LogP contribution < -0.4 is 9.64 Å². The number of anilines is 1. The van der Waals surface area contributed by atoms with Crippen LogP contribution in [0.3, 0.4) is 0 Å². The molecule has 1 amide bonds. The van der Waals surface area contributed by atoms with Gasteiger partial charge in [-0.15, -0.1) is 0 Å². The van der Waals surface area contributed by atoms with Crippen molar-refractivity contribution in [3.8, 4) is 5.75 Å². The largest absolute Gasteiger partial charge is 0.485 e. The first kappa shape index (κ1) is 14.9. The predicted molar refractivity (Wildman–Crippen MR) is 82.6 cm³/mol. The first-order valence-electron chi connectivity index (χ1n) is 6.95. The zero-order valence-electron chi connectivity index (χ0n) is 12.3. The van der Waals surface area contributed by atoms with Crippen molar-refractivity contribution in [1.82, 2.24) is 0 Å². The van der Waals surface area contributed by atoms with Crippen LogP contribution in [0.4, 0.5) is 5.69 Å². The number of para-hydroxylation sites is 1. The molecule has 0 bridgehead atoms. The number of furan rings is 1. The number of halogens is 1. The fourth-order valence-corrected chi connectivity index (χ4v) is 2.67. The van der Waals surface area contributed by atoms with Gasteiger partial charge in [0.05, 0.1) is 17.3 Å². The van der Waals surface area contributed by atoms with Gasteiger partial charge in [-0.25, -0.2) is 0 Å². The summed E-state index contributed by atoms with van der Waals surface area (Å²) in [4.78, 5) is 14.4. The molecule has 3 rings (SSSR count). The Morgan fingerprint density at radius 1 is 1.41 bits per heavy atom. The number of fused-ring (bicyclic) bond motifs is 1. The highest BCUT2D eigenvalue weighted by molar-refractivity contribution is 6.32. The van der Waals surface area contributed by atoms with Crippen LogP contribution in [0, 0.1) is 0 Å². The van der Waals surface area contributed by atoms with Crippen LogP contribution in [0.2, 0.25) is 5.02 Å². The number of nitrogens with zero attached hydrogens (tertiary/aromatic N) is 1. The molecule has 1 aromatic carbocycles. The fourth-order valence-electron chi connectivity index (χ4n) is 2.46. The minimum Gasteiger partial charge on any atom is -0.485 e. The van der Waals surface area contributed by atoms with E-state index in [1.807, 2.05) is 13.0 Å². The molecule has 6 heteroatoms. The lowest BCUT2D eigenvalue weighted by Gasteiger charge is -2.33. The van der Waals surface area contributed by atoms with E-state index in [1.165, 1.54) is 0 Å². The van der Waals surface area contributed by atoms with Crippen molar-refractivity contribution >= 4 is 23.2 Å². The Morgan fingerprint density at radius 2 is 2.23 bits per heavy atom. The molecular weight excluding hydrogens is 306 g/mol. The second-order valence-electron chi connectivity index (χ2n) is 5.13. The molecule has 0 N–H and O–H groups in total. The summed E-state index contributed by atoms with van der Waals surface area (Å²) < 4.78 is 16.3. The molecule has 1 aliphatic heterocycles. The number of rotatable bonds is 3. The maximum absolute atomic E-state index is 12.7.